The van der Waals surface area contributed by atoms with E-state index < -0.39 is 51.5 Å². The van der Waals surface area contributed by atoms with E-state index in [9.17, 15) is 35.2 Å². The predicted molar refractivity (Wildman–Crippen MR) is 109 cm³/mol. The SMILES string of the molecule is C[C@H]1CN(c2ncc(C(F)(F)F)cc2C(=O)Nc2ccc3c(c2)S(=O)(=O)NC3)CCC1(F)F. The second-order valence-electron chi connectivity index (χ2n) is 8.05. The molecule has 33 heavy (non-hydrogen) atoms. The molecule has 2 N–H and O–H groups in total. The average Bonchev–Trinajstić information content (AvgIpc) is 3.03. The zero-order valence-electron chi connectivity index (χ0n) is 17.2. The number of carbonyl (C=O) groups is 1. The fourth-order valence-corrected chi connectivity index (χ4v) is 5.06. The van der Waals surface area contributed by atoms with Gasteiger partial charge in [-0.15, -0.1) is 0 Å². The molecule has 1 aromatic carbocycles. The number of alkyl halides is 5. The lowest BCUT2D eigenvalue weighted by Crippen LogP contribution is -2.46. The Morgan fingerprint density at radius 2 is 2.00 bits per heavy atom. The number of hydrogen-bond donors (Lipinski definition) is 2. The van der Waals surface area contributed by atoms with Crippen molar-refractivity contribution >= 4 is 27.4 Å². The van der Waals surface area contributed by atoms with Crippen LogP contribution in [0.1, 0.15) is 34.8 Å². The lowest BCUT2D eigenvalue weighted by atomic mass is 9.95. The minimum atomic E-state index is -4.78. The summed E-state index contributed by atoms with van der Waals surface area (Å²) in [4.78, 5) is 18.1. The first kappa shape index (κ1) is 23.4. The van der Waals surface area contributed by atoms with E-state index in [0.29, 0.717) is 17.8 Å². The van der Waals surface area contributed by atoms with Crippen LogP contribution in [0.2, 0.25) is 0 Å². The number of aromatic nitrogens is 1. The molecule has 0 radical (unpaired) electrons. The standard InChI is InChI=1S/C20H19F5N4O3S/c1-11-10-29(5-4-19(11,21)22)17-15(6-13(9-26-17)20(23,24)25)18(30)28-14-3-2-12-8-27-33(31,32)16(12)7-14/h2-3,6-7,9,11,27H,4-5,8,10H2,1H3,(H,28,30)/t11-/m0/s1. The molecule has 1 saturated heterocycles. The van der Waals surface area contributed by atoms with E-state index in [4.69, 9.17) is 0 Å². The molecule has 2 aromatic rings. The summed E-state index contributed by atoms with van der Waals surface area (Å²) in [7, 11) is -3.74. The summed E-state index contributed by atoms with van der Waals surface area (Å²) in [5.74, 6) is -5.16. The Labute approximate surface area is 186 Å². The highest BCUT2D eigenvalue weighted by molar-refractivity contribution is 7.89. The lowest BCUT2D eigenvalue weighted by Gasteiger charge is -2.38. The zero-order valence-corrected chi connectivity index (χ0v) is 18.0. The Hall–Kier alpha value is -2.80. The van der Waals surface area contributed by atoms with Crippen LogP contribution in [0.15, 0.2) is 35.4 Å². The maximum Gasteiger partial charge on any atom is 0.417 e. The van der Waals surface area contributed by atoms with Crippen LogP contribution in [0.25, 0.3) is 0 Å². The van der Waals surface area contributed by atoms with Gasteiger partial charge in [-0.1, -0.05) is 13.0 Å². The first-order chi connectivity index (χ1) is 15.3. The number of rotatable bonds is 3. The van der Waals surface area contributed by atoms with Crippen molar-refractivity contribution in [3.8, 4) is 0 Å². The minimum Gasteiger partial charge on any atom is -0.355 e. The van der Waals surface area contributed by atoms with Crippen molar-refractivity contribution in [2.45, 2.75) is 36.9 Å². The summed E-state index contributed by atoms with van der Waals surface area (Å²) in [5, 5.41) is 2.40. The van der Waals surface area contributed by atoms with E-state index in [0.717, 1.165) is 0 Å². The summed E-state index contributed by atoms with van der Waals surface area (Å²) in [6.45, 7) is 1.01. The first-order valence-electron chi connectivity index (χ1n) is 9.92. The van der Waals surface area contributed by atoms with Gasteiger partial charge in [0.25, 0.3) is 11.8 Å². The van der Waals surface area contributed by atoms with Crippen LogP contribution in [0.4, 0.5) is 33.5 Å². The van der Waals surface area contributed by atoms with Gasteiger partial charge in [-0.3, -0.25) is 4.79 Å². The fourth-order valence-electron chi connectivity index (χ4n) is 3.79. The van der Waals surface area contributed by atoms with Crippen molar-refractivity contribution in [3.05, 3.63) is 47.2 Å². The van der Waals surface area contributed by atoms with Crippen LogP contribution in [-0.2, 0) is 22.7 Å². The van der Waals surface area contributed by atoms with E-state index >= 15 is 0 Å². The third-order valence-electron chi connectivity index (χ3n) is 5.74. The number of piperidine rings is 1. The third kappa shape index (κ3) is 4.51. The maximum atomic E-state index is 13.9. The highest BCUT2D eigenvalue weighted by atomic mass is 32.2. The van der Waals surface area contributed by atoms with Gasteiger partial charge in [-0.05, 0) is 23.8 Å². The predicted octanol–water partition coefficient (Wildman–Crippen LogP) is 3.63. The second kappa shape index (κ2) is 7.90. The number of fused-ring (bicyclic) bond motifs is 1. The van der Waals surface area contributed by atoms with Crippen LogP contribution in [0.3, 0.4) is 0 Å². The second-order valence-corrected chi connectivity index (χ2v) is 9.79. The van der Waals surface area contributed by atoms with Gasteiger partial charge in [0.05, 0.1) is 16.0 Å². The molecule has 7 nitrogen and oxygen atoms in total. The number of amides is 1. The monoisotopic (exact) mass is 490 g/mol. The van der Waals surface area contributed by atoms with Gasteiger partial charge in [0.15, 0.2) is 0 Å². The normalized spacial score (nSPS) is 21.5. The molecule has 0 unspecified atom stereocenters. The molecule has 1 fully saturated rings. The van der Waals surface area contributed by atoms with Gasteiger partial charge in [0, 0.05) is 43.9 Å². The molecule has 4 rings (SSSR count). The van der Waals surface area contributed by atoms with Crippen molar-refractivity contribution in [1.82, 2.24) is 9.71 Å². The number of carbonyl (C=O) groups excluding carboxylic acids is 1. The summed E-state index contributed by atoms with van der Waals surface area (Å²) in [6, 6.07) is 4.71. The fraction of sp³-hybridized carbons (Fsp3) is 0.400. The first-order valence-corrected chi connectivity index (χ1v) is 11.4. The van der Waals surface area contributed by atoms with Crippen LogP contribution in [0.5, 0.6) is 0 Å². The number of anilines is 2. The van der Waals surface area contributed by atoms with Gasteiger partial charge in [-0.2, -0.15) is 13.2 Å². The van der Waals surface area contributed by atoms with Gasteiger partial charge in [0.2, 0.25) is 10.0 Å². The van der Waals surface area contributed by atoms with E-state index in [1.165, 1.54) is 30.0 Å². The molecular weight excluding hydrogens is 471 g/mol. The van der Waals surface area contributed by atoms with E-state index in [2.05, 4.69) is 15.0 Å². The number of halogens is 5. The highest BCUT2D eigenvalue weighted by Crippen LogP contribution is 2.37. The number of nitrogens with zero attached hydrogens (tertiary/aromatic N) is 2. The summed E-state index contributed by atoms with van der Waals surface area (Å²) in [6.07, 6.45) is -4.76. The molecule has 0 saturated carbocycles. The van der Waals surface area contributed by atoms with Gasteiger partial charge in [0.1, 0.15) is 5.82 Å². The highest BCUT2D eigenvalue weighted by Gasteiger charge is 2.42. The number of nitrogens with one attached hydrogen (secondary N) is 2. The molecular formula is C20H19F5N4O3S. The molecule has 0 spiro atoms. The van der Waals surface area contributed by atoms with Gasteiger partial charge in [-0.25, -0.2) is 26.9 Å². The zero-order chi connectivity index (χ0) is 24.2. The maximum absolute atomic E-state index is 13.9. The van der Waals surface area contributed by atoms with Crippen LogP contribution in [-0.4, -0.2) is 38.3 Å². The molecule has 1 atom stereocenters. The van der Waals surface area contributed by atoms with Crippen molar-refractivity contribution < 1.29 is 35.2 Å². The Bertz CT molecular complexity index is 1220. The van der Waals surface area contributed by atoms with E-state index in [1.54, 1.807) is 0 Å². The Balaban J connectivity index is 1.69. The smallest absolute Gasteiger partial charge is 0.355 e. The number of sulfonamides is 1. The lowest BCUT2D eigenvalue weighted by molar-refractivity contribution is -0.137. The van der Waals surface area contributed by atoms with Crippen molar-refractivity contribution in [2.75, 3.05) is 23.3 Å². The number of hydrogen-bond acceptors (Lipinski definition) is 5. The van der Waals surface area contributed by atoms with Gasteiger partial charge < -0.3 is 10.2 Å². The van der Waals surface area contributed by atoms with Crippen molar-refractivity contribution in [2.24, 2.45) is 5.92 Å². The Morgan fingerprint density at radius 3 is 2.67 bits per heavy atom. The van der Waals surface area contributed by atoms with Crippen LogP contribution in [0, 0.1) is 5.92 Å². The molecule has 2 aliphatic rings. The van der Waals surface area contributed by atoms with Crippen LogP contribution < -0.4 is 14.9 Å². The summed E-state index contributed by atoms with van der Waals surface area (Å²) in [5.41, 5.74) is -1.10. The molecule has 0 aliphatic carbocycles. The molecule has 2 aliphatic heterocycles. The van der Waals surface area contributed by atoms with E-state index in [-0.39, 0.29) is 36.0 Å². The molecule has 1 amide bonds. The molecule has 178 valence electrons. The van der Waals surface area contributed by atoms with E-state index in [1.807, 2.05) is 0 Å². The van der Waals surface area contributed by atoms with Crippen LogP contribution >= 0.6 is 0 Å². The number of pyridine rings is 1. The summed E-state index contributed by atoms with van der Waals surface area (Å²) < 4.78 is 94.0. The van der Waals surface area contributed by atoms with Crippen molar-refractivity contribution in [3.63, 3.8) is 0 Å². The Kier molecular flexibility index (Phi) is 5.60. The van der Waals surface area contributed by atoms with Gasteiger partial charge >= 0.3 is 6.18 Å². The quantitative estimate of drug-likeness (QED) is 0.642. The average molecular weight is 490 g/mol. The minimum absolute atomic E-state index is 0.0465. The summed E-state index contributed by atoms with van der Waals surface area (Å²) >= 11 is 0. The molecule has 13 heteroatoms. The topological polar surface area (TPSA) is 91.4 Å². The van der Waals surface area contributed by atoms with Crippen molar-refractivity contribution in [1.29, 1.82) is 0 Å². The Morgan fingerprint density at radius 1 is 1.27 bits per heavy atom. The molecule has 3 heterocycles. The third-order valence-corrected chi connectivity index (χ3v) is 7.22. The molecule has 1 aromatic heterocycles. The number of benzene rings is 1. The molecule has 0 bridgehead atoms. The largest absolute Gasteiger partial charge is 0.417 e.